The molecule has 0 spiro atoms. The van der Waals surface area contributed by atoms with Crippen LogP contribution >= 0.6 is 34.4 Å². The van der Waals surface area contributed by atoms with Gasteiger partial charge in [-0.05, 0) is 48.9 Å². The van der Waals surface area contributed by atoms with Gasteiger partial charge in [0.05, 0.1) is 20.0 Å². The average molecular weight is 468 g/mol. The van der Waals surface area contributed by atoms with Crippen molar-refractivity contribution in [3.05, 3.63) is 81.5 Å². The van der Waals surface area contributed by atoms with Crippen LogP contribution in [0.3, 0.4) is 0 Å². The van der Waals surface area contributed by atoms with Crippen LogP contribution in [0.15, 0.2) is 65.0 Å². The largest absolute Gasteiger partial charge is 0.294 e. The van der Waals surface area contributed by atoms with Gasteiger partial charge in [0.2, 0.25) is 0 Å². The number of nitrogens with one attached hydrogen (secondary N) is 2. The van der Waals surface area contributed by atoms with E-state index in [1.807, 2.05) is 30.3 Å². The molecule has 2 N–H and O–H groups in total. The Kier molecular flexibility index (Phi) is 6.45. The zero-order valence-electron chi connectivity index (χ0n) is 16.4. The van der Waals surface area contributed by atoms with E-state index in [1.165, 1.54) is 11.6 Å². The second kappa shape index (κ2) is 9.42. The van der Waals surface area contributed by atoms with Gasteiger partial charge in [0.25, 0.3) is 11.8 Å². The van der Waals surface area contributed by atoms with E-state index in [-0.39, 0.29) is 5.78 Å². The summed E-state index contributed by atoms with van der Waals surface area (Å²) in [5.74, 6) is -0.235. The van der Waals surface area contributed by atoms with Gasteiger partial charge in [0, 0.05) is 11.3 Å². The van der Waals surface area contributed by atoms with Gasteiger partial charge in [0.15, 0.2) is 10.1 Å². The fourth-order valence-electron chi connectivity index (χ4n) is 2.71. The molecular formula is C22H17N3O3S3. The van der Waals surface area contributed by atoms with Crippen LogP contribution in [0.5, 0.6) is 0 Å². The number of fused-ring (bicyclic) bond motifs is 1. The monoisotopic (exact) mass is 467 g/mol. The lowest BCUT2D eigenvalue weighted by molar-refractivity contribution is 0.0849. The molecule has 0 saturated carbocycles. The highest BCUT2D eigenvalue weighted by molar-refractivity contribution is 8.00. The molecule has 2 amide bonds. The molecule has 0 unspecified atom stereocenters. The fourth-order valence-corrected chi connectivity index (χ4v) is 5.53. The lowest BCUT2D eigenvalue weighted by Crippen LogP contribution is -2.41. The third-order valence-corrected chi connectivity index (χ3v) is 7.75. The number of thiazole rings is 1. The number of para-hydroxylation sites is 1. The number of Topliss-reactive ketones (excluding diaryl/α,β-unsaturated/α-hetero) is 1. The van der Waals surface area contributed by atoms with E-state index in [4.69, 9.17) is 0 Å². The first-order valence-electron chi connectivity index (χ1n) is 9.28. The number of aromatic nitrogens is 1. The Morgan fingerprint density at radius 3 is 2.29 bits per heavy atom. The van der Waals surface area contributed by atoms with Crippen molar-refractivity contribution in [2.45, 2.75) is 17.0 Å². The summed E-state index contributed by atoms with van der Waals surface area (Å²) in [5.41, 5.74) is 7.28. The number of thioether (sulfide) groups is 1. The van der Waals surface area contributed by atoms with Crippen molar-refractivity contribution in [1.29, 1.82) is 0 Å². The van der Waals surface area contributed by atoms with E-state index in [1.54, 1.807) is 47.4 Å². The van der Waals surface area contributed by atoms with Gasteiger partial charge >= 0.3 is 0 Å². The minimum absolute atomic E-state index is 0.102. The molecule has 0 aliphatic carbocycles. The zero-order valence-corrected chi connectivity index (χ0v) is 18.8. The van der Waals surface area contributed by atoms with Crippen LogP contribution in [-0.4, -0.2) is 22.6 Å². The summed E-state index contributed by atoms with van der Waals surface area (Å²) >= 11 is 4.40. The molecule has 6 nitrogen and oxygen atoms in total. The van der Waals surface area contributed by atoms with Crippen LogP contribution in [0.4, 0.5) is 0 Å². The number of nitrogens with zero attached hydrogens (tertiary/aromatic N) is 1. The van der Waals surface area contributed by atoms with E-state index in [2.05, 4.69) is 21.9 Å². The highest BCUT2D eigenvalue weighted by Gasteiger charge is 2.13. The van der Waals surface area contributed by atoms with Crippen molar-refractivity contribution >= 4 is 62.2 Å². The van der Waals surface area contributed by atoms with Gasteiger partial charge in [-0.1, -0.05) is 36.0 Å². The van der Waals surface area contributed by atoms with Crippen molar-refractivity contribution in [2.75, 3.05) is 0 Å². The van der Waals surface area contributed by atoms with E-state index in [0.717, 1.165) is 32.5 Å². The molecule has 2 aromatic carbocycles. The maximum Gasteiger partial charge on any atom is 0.279 e. The van der Waals surface area contributed by atoms with E-state index in [0.29, 0.717) is 15.3 Å². The molecule has 156 valence electrons. The molecule has 0 saturated heterocycles. The molecule has 2 aromatic heterocycles. The first-order valence-corrected chi connectivity index (χ1v) is 11.9. The second-order valence-electron chi connectivity index (χ2n) is 6.56. The predicted octanol–water partition coefficient (Wildman–Crippen LogP) is 4.93. The van der Waals surface area contributed by atoms with Crippen molar-refractivity contribution in [3.63, 3.8) is 0 Å². The third-order valence-electron chi connectivity index (χ3n) is 4.32. The number of rotatable bonds is 6. The molecule has 31 heavy (non-hydrogen) atoms. The molecule has 9 heteroatoms. The number of ketones is 1. The van der Waals surface area contributed by atoms with Gasteiger partial charge in [-0.2, -0.15) is 0 Å². The molecule has 4 aromatic rings. The maximum absolute atomic E-state index is 12.3. The Labute approximate surface area is 190 Å². The van der Waals surface area contributed by atoms with Gasteiger partial charge in [-0.3, -0.25) is 25.2 Å². The number of hydrogen-bond acceptors (Lipinski definition) is 7. The van der Waals surface area contributed by atoms with E-state index < -0.39 is 11.8 Å². The minimum Gasteiger partial charge on any atom is -0.294 e. The van der Waals surface area contributed by atoms with Crippen LogP contribution in [0.1, 0.15) is 42.2 Å². The number of hydrogen-bond donors (Lipinski definition) is 2. The standard InChI is InChI=1S/C22H17N3O3S3/c1-13(26)17-10-11-19(30-17)21(28)25-24-20(27)15-8-6-14(7-9-15)12-29-22-23-16-4-2-3-5-18(16)31-22/h2-11H,12H2,1H3,(H,24,27)(H,25,28). The molecule has 4 rings (SSSR count). The molecule has 0 aliphatic heterocycles. The number of benzene rings is 2. The smallest absolute Gasteiger partial charge is 0.279 e. The highest BCUT2D eigenvalue weighted by Crippen LogP contribution is 2.31. The van der Waals surface area contributed by atoms with Gasteiger partial charge in [-0.25, -0.2) is 4.98 Å². The molecule has 0 aliphatic rings. The third kappa shape index (κ3) is 5.19. The van der Waals surface area contributed by atoms with Crippen LogP contribution in [0, 0.1) is 0 Å². The molecule has 0 bridgehead atoms. The summed E-state index contributed by atoms with van der Waals surface area (Å²) < 4.78 is 2.17. The second-order valence-corrected chi connectivity index (χ2v) is 9.90. The number of thiophene rings is 1. The summed E-state index contributed by atoms with van der Waals surface area (Å²) in [6, 6.07) is 18.4. The topological polar surface area (TPSA) is 88.2 Å². The van der Waals surface area contributed by atoms with Crippen LogP contribution < -0.4 is 10.9 Å². The Morgan fingerprint density at radius 2 is 1.58 bits per heavy atom. The summed E-state index contributed by atoms with van der Waals surface area (Å²) in [6.45, 7) is 1.44. The lowest BCUT2D eigenvalue weighted by atomic mass is 10.1. The SMILES string of the molecule is CC(=O)c1ccc(C(=O)NNC(=O)c2ccc(CSc3nc4ccccc4s3)cc2)s1. The Bertz CT molecular complexity index is 1230. The minimum atomic E-state index is -0.463. The van der Waals surface area contributed by atoms with Gasteiger partial charge in [0.1, 0.15) is 0 Å². The molecule has 0 fully saturated rings. The summed E-state index contributed by atoms with van der Waals surface area (Å²) in [7, 11) is 0. The van der Waals surface area contributed by atoms with Crippen molar-refractivity contribution in [1.82, 2.24) is 15.8 Å². The zero-order chi connectivity index (χ0) is 21.8. The first kappa shape index (κ1) is 21.2. The summed E-state index contributed by atoms with van der Waals surface area (Å²) in [5, 5.41) is 0. The Morgan fingerprint density at radius 1 is 0.871 bits per heavy atom. The number of hydrazine groups is 1. The molecule has 0 radical (unpaired) electrons. The first-order chi connectivity index (χ1) is 15.0. The van der Waals surface area contributed by atoms with Crippen LogP contribution in [-0.2, 0) is 5.75 Å². The van der Waals surface area contributed by atoms with Crippen LogP contribution in [0.25, 0.3) is 10.2 Å². The Hall–Kier alpha value is -3.01. The molecular weight excluding hydrogens is 450 g/mol. The lowest BCUT2D eigenvalue weighted by Gasteiger charge is -2.07. The number of carbonyl (C=O) groups is 3. The van der Waals surface area contributed by atoms with Crippen molar-refractivity contribution in [3.8, 4) is 0 Å². The predicted molar refractivity (Wildman–Crippen MR) is 125 cm³/mol. The molecule has 2 heterocycles. The fraction of sp³-hybridized carbons (Fsp3) is 0.0909. The Balaban J connectivity index is 1.30. The van der Waals surface area contributed by atoms with E-state index in [9.17, 15) is 14.4 Å². The van der Waals surface area contributed by atoms with Gasteiger partial charge < -0.3 is 0 Å². The number of carbonyl (C=O) groups excluding carboxylic acids is 3. The summed E-state index contributed by atoms with van der Waals surface area (Å²) in [6.07, 6.45) is 0. The summed E-state index contributed by atoms with van der Waals surface area (Å²) in [4.78, 5) is 41.2. The normalized spacial score (nSPS) is 10.7. The average Bonchev–Trinajstić information content (AvgIpc) is 3.43. The number of amides is 2. The van der Waals surface area contributed by atoms with Crippen LogP contribution in [0.2, 0.25) is 0 Å². The van der Waals surface area contributed by atoms with Crippen molar-refractivity contribution in [2.24, 2.45) is 0 Å². The van der Waals surface area contributed by atoms with Gasteiger partial charge in [-0.15, -0.1) is 22.7 Å². The molecule has 0 atom stereocenters. The quantitative estimate of drug-likeness (QED) is 0.239. The highest BCUT2D eigenvalue weighted by atomic mass is 32.2. The van der Waals surface area contributed by atoms with Crippen molar-refractivity contribution < 1.29 is 14.4 Å². The maximum atomic E-state index is 12.3. The van der Waals surface area contributed by atoms with E-state index >= 15 is 0 Å².